The molecule has 0 atom stereocenters. The van der Waals surface area contributed by atoms with Crippen molar-refractivity contribution >= 4 is 5.97 Å². The molecule has 1 aromatic rings. The molecule has 0 spiro atoms. The summed E-state index contributed by atoms with van der Waals surface area (Å²) >= 11 is 0. The zero-order valence-corrected chi connectivity index (χ0v) is 8.80. The summed E-state index contributed by atoms with van der Waals surface area (Å²) in [7, 11) is 1.28. The molecule has 82 valence electrons. The van der Waals surface area contributed by atoms with Crippen LogP contribution in [0.1, 0.15) is 12.5 Å². The van der Waals surface area contributed by atoms with Crippen LogP contribution in [0.15, 0.2) is 24.2 Å². The van der Waals surface area contributed by atoms with E-state index in [9.17, 15) is 4.79 Å². The van der Waals surface area contributed by atoms with Crippen LogP contribution in [0.3, 0.4) is 0 Å². The third-order valence-corrected chi connectivity index (χ3v) is 2.01. The molecule has 0 aliphatic rings. The van der Waals surface area contributed by atoms with Crippen LogP contribution in [0.2, 0.25) is 0 Å². The minimum Gasteiger partial charge on any atom is -0.515 e. The standard InChI is InChI=1S/C10H14N2O3/c1-3-12-6-8(5-11-12)4-9(7-13)10(14)15-2/h5-7,13H,3-4H2,1-2H3/b9-7-. The zero-order chi connectivity index (χ0) is 11.3. The van der Waals surface area contributed by atoms with Gasteiger partial charge in [0, 0.05) is 19.2 Å². The predicted molar refractivity (Wildman–Crippen MR) is 54.3 cm³/mol. The second-order valence-electron chi connectivity index (χ2n) is 3.03. The smallest absolute Gasteiger partial charge is 0.337 e. The van der Waals surface area contributed by atoms with Gasteiger partial charge in [0.2, 0.25) is 0 Å². The van der Waals surface area contributed by atoms with E-state index in [0.29, 0.717) is 6.42 Å². The number of rotatable bonds is 4. The van der Waals surface area contributed by atoms with Crippen LogP contribution in [0.5, 0.6) is 0 Å². The van der Waals surface area contributed by atoms with Gasteiger partial charge < -0.3 is 9.84 Å². The Morgan fingerprint density at radius 3 is 2.93 bits per heavy atom. The topological polar surface area (TPSA) is 64.4 Å². The number of aliphatic hydroxyl groups is 1. The van der Waals surface area contributed by atoms with Crippen molar-refractivity contribution in [2.45, 2.75) is 19.9 Å². The second kappa shape index (κ2) is 5.19. The molecule has 1 aromatic heterocycles. The number of methoxy groups -OCH3 is 1. The van der Waals surface area contributed by atoms with Crippen molar-refractivity contribution in [2.24, 2.45) is 0 Å². The van der Waals surface area contributed by atoms with Crippen LogP contribution >= 0.6 is 0 Å². The molecule has 0 saturated heterocycles. The first-order valence-corrected chi connectivity index (χ1v) is 4.64. The first-order chi connectivity index (χ1) is 7.21. The van der Waals surface area contributed by atoms with E-state index < -0.39 is 5.97 Å². The van der Waals surface area contributed by atoms with Gasteiger partial charge in [-0.15, -0.1) is 0 Å². The summed E-state index contributed by atoms with van der Waals surface area (Å²) in [6.07, 6.45) is 4.58. The maximum Gasteiger partial charge on any atom is 0.337 e. The summed E-state index contributed by atoms with van der Waals surface area (Å²) in [6.45, 7) is 2.75. The number of nitrogens with zero attached hydrogens (tertiary/aromatic N) is 2. The Kier molecular flexibility index (Phi) is 3.91. The maximum absolute atomic E-state index is 11.1. The molecular weight excluding hydrogens is 196 g/mol. The zero-order valence-electron chi connectivity index (χ0n) is 8.80. The summed E-state index contributed by atoms with van der Waals surface area (Å²) in [5.74, 6) is -0.526. The fourth-order valence-corrected chi connectivity index (χ4v) is 1.19. The third kappa shape index (κ3) is 2.83. The highest BCUT2D eigenvalue weighted by Gasteiger charge is 2.11. The molecule has 0 aliphatic carbocycles. The number of carbonyl (C=O) groups is 1. The first kappa shape index (κ1) is 11.3. The number of hydrogen-bond acceptors (Lipinski definition) is 4. The van der Waals surface area contributed by atoms with Crippen LogP contribution in [0.25, 0.3) is 0 Å². The summed E-state index contributed by atoms with van der Waals surface area (Å²) in [4.78, 5) is 11.1. The van der Waals surface area contributed by atoms with E-state index in [0.717, 1.165) is 18.4 Å². The quantitative estimate of drug-likeness (QED) is 0.458. The largest absolute Gasteiger partial charge is 0.515 e. The molecule has 5 heteroatoms. The molecule has 0 saturated carbocycles. The molecule has 0 aromatic carbocycles. The van der Waals surface area contributed by atoms with Gasteiger partial charge in [-0.2, -0.15) is 5.10 Å². The third-order valence-electron chi connectivity index (χ3n) is 2.01. The molecule has 0 amide bonds. The molecular formula is C10H14N2O3. The normalized spacial score (nSPS) is 11.5. The van der Waals surface area contributed by atoms with Crippen molar-refractivity contribution in [1.82, 2.24) is 9.78 Å². The summed E-state index contributed by atoms with van der Waals surface area (Å²) < 4.78 is 6.27. The highest BCUT2D eigenvalue weighted by Crippen LogP contribution is 2.08. The van der Waals surface area contributed by atoms with Gasteiger partial charge in [0.1, 0.15) is 0 Å². The van der Waals surface area contributed by atoms with Crippen molar-refractivity contribution in [2.75, 3.05) is 7.11 Å². The van der Waals surface area contributed by atoms with Crippen LogP contribution < -0.4 is 0 Å². The highest BCUT2D eigenvalue weighted by molar-refractivity contribution is 5.88. The summed E-state index contributed by atoms with van der Waals surface area (Å²) in [6, 6.07) is 0. The number of aryl methyl sites for hydroxylation is 1. The Bertz CT molecular complexity index is 368. The summed E-state index contributed by atoms with van der Waals surface area (Å²) in [5.41, 5.74) is 1.08. The van der Waals surface area contributed by atoms with Crippen LogP contribution in [0, 0.1) is 0 Å². The Labute approximate surface area is 88.0 Å². The number of aliphatic hydroxyl groups excluding tert-OH is 1. The highest BCUT2D eigenvalue weighted by atomic mass is 16.5. The van der Waals surface area contributed by atoms with E-state index in [4.69, 9.17) is 5.11 Å². The van der Waals surface area contributed by atoms with Crippen molar-refractivity contribution in [3.8, 4) is 0 Å². The van der Waals surface area contributed by atoms with Gasteiger partial charge >= 0.3 is 5.97 Å². The first-order valence-electron chi connectivity index (χ1n) is 4.64. The van der Waals surface area contributed by atoms with Gasteiger partial charge in [0.15, 0.2) is 0 Å². The van der Waals surface area contributed by atoms with Crippen LogP contribution in [-0.2, 0) is 22.5 Å². The second-order valence-corrected chi connectivity index (χ2v) is 3.03. The predicted octanol–water partition coefficient (Wildman–Crippen LogP) is 1.06. The Morgan fingerprint density at radius 1 is 1.73 bits per heavy atom. The van der Waals surface area contributed by atoms with Gasteiger partial charge in [-0.05, 0) is 12.5 Å². The van der Waals surface area contributed by atoms with E-state index in [-0.39, 0.29) is 5.57 Å². The van der Waals surface area contributed by atoms with Gasteiger partial charge in [-0.3, -0.25) is 4.68 Å². The Hall–Kier alpha value is -1.78. The van der Waals surface area contributed by atoms with Crippen molar-refractivity contribution in [3.05, 3.63) is 29.8 Å². The van der Waals surface area contributed by atoms with E-state index in [1.807, 2.05) is 13.1 Å². The van der Waals surface area contributed by atoms with Gasteiger partial charge in [-0.25, -0.2) is 4.79 Å². The molecule has 0 aliphatic heterocycles. The average Bonchev–Trinajstić information content (AvgIpc) is 2.72. The van der Waals surface area contributed by atoms with Gasteiger partial charge in [0.25, 0.3) is 0 Å². The monoisotopic (exact) mass is 210 g/mol. The lowest BCUT2D eigenvalue weighted by atomic mass is 10.1. The van der Waals surface area contributed by atoms with E-state index in [2.05, 4.69) is 9.84 Å². The van der Waals surface area contributed by atoms with Crippen molar-refractivity contribution in [3.63, 3.8) is 0 Å². The molecule has 15 heavy (non-hydrogen) atoms. The number of ether oxygens (including phenoxy) is 1. The van der Waals surface area contributed by atoms with E-state index >= 15 is 0 Å². The lowest BCUT2D eigenvalue weighted by molar-refractivity contribution is -0.136. The molecule has 1 heterocycles. The minimum absolute atomic E-state index is 0.216. The molecule has 0 bridgehead atoms. The number of aromatic nitrogens is 2. The molecule has 5 nitrogen and oxygen atoms in total. The lowest BCUT2D eigenvalue weighted by Gasteiger charge is -2.01. The summed E-state index contributed by atoms with van der Waals surface area (Å²) in [5, 5.41) is 12.9. The number of esters is 1. The fraction of sp³-hybridized carbons (Fsp3) is 0.400. The molecule has 0 radical (unpaired) electrons. The number of carbonyl (C=O) groups excluding carboxylic acids is 1. The van der Waals surface area contributed by atoms with E-state index in [1.165, 1.54) is 7.11 Å². The SMILES string of the molecule is CCn1cc(C/C(=C/O)C(=O)OC)cn1. The Morgan fingerprint density at radius 2 is 2.47 bits per heavy atom. The molecule has 0 fully saturated rings. The van der Waals surface area contributed by atoms with Gasteiger partial charge in [-0.1, -0.05) is 0 Å². The van der Waals surface area contributed by atoms with Gasteiger partial charge in [0.05, 0.1) is 25.1 Å². The number of hydrogen-bond donors (Lipinski definition) is 1. The molecule has 1 N–H and O–H groups in total. The molecule has 0 unspecified atom stereocenters. The van der Waals surface area contributed by atoms with Crippen molar-refractivity contribution < 1.29 is 14.6 Å². The Balaban J connectivity index is 2.71. The average molecular weight is 210 g/mol. The van der Waals surface area contributed by atoms with Crippen molar-refractivity contribution in [1.29, 1.82) is 0 Å². The van der Waals surface area contributed by atoms with E-state index in [1.54, 1.807) is 10.9 Å². The minimum atomic E-state index is -0.526. The fourth-order valence-electron chi connectivity index (χ4n) is 1.19. The molecule has 1 rings (SSSR count). The van der Waals surface area contributed by atoms with Crippen LogP contribution in [-0.4, -0.2) is 28.0 Å². The lowest BCUT2D eigenvalue weighted by Crippen LogP contribution is -2.07. The maximum atomic E-state index is 11.1. The van der Waals surface area contributed by atoms with Crippen LogP contribution in [0.4, 0.5) is 0 Å².